The van der Waals surface area contributed by atoms with Crippen molar-refractivity contribution in [2.75, 3.05) is 32.7 Å². The molecule has 7 heteroatoms. The van der Waals surface area contributed by atoms with Gasteiger partial charge in [0.15, 0.2) is 0 Å². The number of amides is 2. The molecule has 162 valence electrons. The van der Waals surface area contributed by atoms with Crippen LogP contribution in [0.25, 0.3) is 10.4 Å². The number of nitrogens with one attached hydrogen (secondary N) is 1. The van der Waals surface area contributed by atoms with E-state index in [4.69, 9.17) is 11.6 Å². The minimum absolute atomic E-state index is 0.00665. The lowest BCUT2D eigenvalue weighted by Gasteiger charge is -2.34. The van der Waals surface area contributed by atoms with Crippen LogP contribution < -0.4 is 5.32 Å². The Kier molecular flexibility index (Phi) is 8.73. The molecule has 0 aliphatic carbocycles. The number of unbranched alkanes of at least 4 members (excludes halogenated alkanes) is 2. The Morgan fingerprint density at radius 1 is 1.07 bits per heavy atom. The highest BCUT2D eigenvalue weighted by Crippen LogP contribution is 2.30. The molecular formula is C23H30ClN3O2S. The van der Waals surface area contributed by atoms with E-state index in [1.165, 1.54) is 16.7 Å². The van der Waals surface area contributed by atoms with Gasteiger partial charge in [-0.1, -0.05) is 30.2 Å². The van der Waals surface area contributed by atoms with Crippen molar-refractivity contribution in [3.63, 3.8) is 0 Å². The molecule has 0 spiro atoms. The van der Waals surface area contributed by atoms with Crippen molar-refractivity contribution >= 4 is 34.8 Å². The first-order valence-corrected chi connectivity index (χ1v) is 11.8. The van der Waals surface area contributed by atoms with E-state index in [2.05, 4.69) is 28.4 Å². The van der Waals surface area contributed by atoms with Crippen LogP contribution in [-0.2, 0) is 16.1 Å². The van der Waals surface area contributed by atoms with Crippen LogP contribution in [0, 0.1) is 0 Å². The maximum atomic E-state index is 12.4. The summed E-state index contributed by atoms with van der Waals surface area (Å²) in [7, 11) is 0. The van der Waals surface area contributed by atoms with Crippen molar-refractivity contribution in [1.29, 1.82) is 0 Å². The van der Waals surface area contributed by atoms with Gasteiger partial charge >= 0.3 is 0 Å². The van der Waals surface area contributed by atoms with Gasteiger partial charge in [0, 0.05) is 67.4 Å². The Morgan fingerprint density at radius 3 is 2.60 bits per heavy atom. The van der Waals surface area contributed by atoms with E-state index >= 15 is 0 Å². The molecule has 0 radical (unpaired) electrons. The van der Waals surface area contributed by atoms with Gasteiger partial charge in [0.1, 0.15) is 0 Å². The highest BCUT2D eigenvalue weighted by atomic mass is 35.5. The standard InChI is InChI=1S/C23H30ClN3O2S/c1-18(28)25-11-4-2-3-8-23(29)27-14-12-26(13-15-27)17-21-9-10-22(30-21)19-6-5-7-20(24)16-19/h5-7,9-10,16H,2-4,8,11-15,17H2,1H3,(H,25,28). The highest BCUT2D eigenvalue weighted by Gasteiger charge is 2.21. The van der Waals surface area contributed by atoms with Gasteiger partial charge in [-0.05, 0) is 42.7 Å². The summed E-state index contributed by atoms with van der Waals surface area (Å²) in [6.45, 7) is 6.59. The van der Waals surface area contributed by atoms with E-state index in [-0.39, 0.29) is 11.8 Å². The number of hydrogen-bond donors (Lipinski definition) is 1. The van der Waals surface area contributed by atoms with Crippen molar-refractivity contribution in [3.8, 4) is 10.4 Å². The number of benzene rings is 1. The number of carbonyl (C=O) groups excluding carboxylic acids is 2. The van der Waals surface area contributed by atoms with Gasteiger partial charge in [0.2, 0.25) is 11.8 Å². The molecule has 1 aromatic heterocycles. The van der Waals surface area contributed by atoms with Crippen LogP contribution in [-0.4, -0.2) is 54.3 Å². The Labute approximate surface area is 188 Å². The Balaban J connectivity index is 1.36. The van der Waals surface area contributed by atoms with Crippen molar-refractivity contribution < 1.29 is 9.59 Å². The minimum atomic E-state index is 0.00665. The van der Waals surface area contributed by atoms with E-state index in [0.29, 0.717) is 13.0 Å². The largest absolute Gasteiger partial charge is 0.356 e. The summed E-state index contributed by atoms with van der Waals surface area (Å²) >= 11 is 7.92. The van der Waals surface area contributed by atoms with E-state index in [9.17, 15) is 9.59 Å². The van der Waals surface area contributed by atoms with E-state index < -0.39 is 0 Å². The lowest BCUT2D eigenvalue weighted by molar-refractivity contribution is -0.133. The summed E-state index contributed by atoms with van der Waals surface area (Å²) in [5, 5.41) is 3.55. The molecule has 2 heterocycles. The minimum Gasteiger partial charge on any atom is -0.356 e. The zero-order valence-electron chi connectivity index (χ0n) is 17.5. The summed E-state index contributed by atoms with van der Waals surface area (Å²) in [6, 6.07) is 12.3. The van der Waals surface area contributed by atoms with Gasteiger partial charge in [-0.25, -0.2) is 0 Å². The van der Waals surface area contributed by atoms with Crippen molar-refractivity contribution in [3.05, 3.63) is 46.3 Å². The molecule has 1 N–H and O–H groups in total. The lowest BCUT2D eigenvalue weighted by atomic mass is 10.1. The maximum absolute atomic E-state index is 12.4. The molecule has 0 bridgehead atoms. The second-order valence-electron chi connectivity index (χ2n) is 7.73. The fourth-order valence-corrected chi connectivity index (χ4v) is 4.87. The monoisotopic (exact) mass is 447 g/mol. The summed E-state index contributed by atoms with van der Waals surface area (Å²) in [4.78, 5) is 30.2. The predicted octanol–water partition coefficient (Wildman–Crippen LogP) is 4.41. The van der Waals surface area contributed by atoms with Crippen LogP contribution in [0.3, 0.4) is 0 Å². The maximum Gasteiger partial charge on any atom is 0.222 e. The normalized spacial score (nSPS) is 14.7. The molecule has 1 fully saturated rings. The molecule has 0 atom stereocenters. The molecule has 1 saturated heterocycles. The van der Waals surface area contributed by atoms with Crippen LogP contribution in [0.4, 0.5) is 0 Å². The first kappa shape index (κ1) is 22.8. The average Bonchev–Trinajstić information content (AvgIpc) is 3.19. The van der Waals surface area contributed by atoms with Crippen LogP contribution in [0.15, 0.2) is 36.4 Å². The van der Waals surface area contributed by atoms with Gasteiger partial charge in [-0.2, -0.15) is 0 Å². The van der Waals surface area contributed by atoms with Gasteiger partial charge in [0.25, 0.3) is 0 Å². The van der Waals surface area contributed by atoms with Crippen LogP contribution in [0.1, 0.15) is 37.5 Å². The molecule has 30 heavy (non-hydrogen) atoms. The summed E-state index contributed by atoms with van der Waals surface area (Å²) in [5.74, 6) is 0.265. The fraction of sp³-hybridized carbons (Fsp3) is 0.478. The Morgan fingerprint density at radius 2 is 1.87 bits per heavy atom. The van der Waals surface area contributed by atoms with Crippen molar-refractivity contribution in [2.45, 2.75) is 39.2 Å². The third kappa shape index (κ3) is 7.11. The molecule has 0 unspecified atom stereocenters. The number of piperazine rings is 1. The average molecular weight is 448 g/mol. The topological polar surface area (TPSA) is 52.7 Å². The van der Waals surface area contributed by atoms with Crippen LogP contribution in [0.5, 0.6) is 0 Å². The number of thiophene rings is 1. The van der Waals surface area contributed by atoms with Crippen LogP contribution >= 0.6 is 22.9 Å². The summed E-state index contributed by atoms with van der Waals surface area (Å²) in [6.07, 6.45) is 3.39. The summed E-state index contributed by atoms with van der Waals surface area (Å²) in [5.41, 5.74) is 1.16. The second-order valence-corrected chi connectivity index (χ2v) is 9.33. The fourth-order valence-electron chi connectivity index (χ4n) is 3.64. The predicted molar refractivity (Wildman–Crippen MR) is 124 cm³/mol. The molecule has 1 aromatic carbocycles. The van der Waals surface area contributed by atoms with Gasteiger partial charge in [-0.3, -0.25) is 14.5 Å². The number of halogens is 1. The highest BCUT2D eigenvalue weighted by molar-refractivity contribution is 7.15. The Bertz CT molecular complexity index is 846. The molecule has 5 nitrogen and oxygen atoms in total. The van der Waals surface area contributed by atoms with E-state index in [1.807, 2.05) is 34.4 Å². The molecule has 0 saturated carbocycles. The molecule has 2 aromatic rings. The number of nitrogens with zero attached hydrogens (tertiary/aromatic N) is 2. The van der Waals surface area contributed by atoms with E-state index in [1.54, 1.807) is 0 Å². The van der Waals surface area contributed by atoms with Crippen molar-refractivity contribution in [1.82, 2.24) is 15.1 Å². The molecule has 1 aliphatic heterocycles. The third-order valence-corrected chi connectivity index (χ3v) is 6.67. The number of rotatable bonds is 9. The second kappa shape index (κ2) is 11.5. The third-order valence-electron chi connectivity index (χ3n) is 5.32. The molecular weight excluding hydrogens is 418 g/mol. The zero-order chi connectivity index (χ0) is 21.3. The van der Waals surface area contributed by atoms with Crippen molar-refractivity contribution in [2.24, 2.45) is 0 Å². The summed E-state index contributed by atoms with van der Waals surface area (Å²) < 4.78 is 0. The molecule has 3 rings (SSSR count). The molecule has 1 aliphatic rings. The zero-order valence-corrected chi connectivity index (χ0v) is 19.1. The lowest BCUT2D eigenvalue weighted by Crippen LogP contribution is -2.48. The Hall–Kier alpha value is -1.89. The SMILES string of the molecule is CC(=O)NCCCCCC(=O)N1CCN(Cc2ccc(-c3cccc(Cl)c3)s2)CC1. The van der Waals surface area contributed by atoms with Gasteiger partial charge < -0.3 is 10.2 Å². The first-order chi connectivity index (χ1) is 14.5. The first-order valence-electron chi connectivity index (χ1n) is 10.6. The number of hydrogen-bond acceptors (Lipinski definition) is 4. The van der Waals surface area contributed by atoms with Gasteiger partial charge in [-0.15, -0.1) is 11.3 Å². The van der Waals surface area contributed by atoms with Gasteiger partial charge in [0.05, 0.1) is 0 Å². The number of carbonyl (C=O) groups is 2. The smallest absolute Gasteiger partial charge is 0.222 e. The quantitative estimate of drug-likeness (QED) is 0.579. The molecule has 2 amide bonds. The van der Waals surface area contributed by atoms with E-state index in [0.717, 1.165) is 62.6 Å². The van der Waals surface area contributed by atoms with Crippen LogP contribution in [0.2, 0.25) is 5.02 Å².